The molecule has 2 aromatic rings. The normalized spacial score (nSPS) is 19.9. The van der Waals surface area contributed by atoms with E-state index in [0.29, 0.717) is 17.9 Å². The fourth-order valence-electron chi connectivity index (χ4n) is 3.08. The zero-order valence-corrected chi connectivity index (χ0v) is 13.7. The highest BCUT2D eigenvalue weighted by Crippen LogP contribution is 2.36. The minimum absolute atomic E-state index is 0.186. The van der Waals surface area contributed by atoms with Crippen molar-refractivity contribution in [2.45, 2.75) is 25.5 Å². The number of anilines is 1. The van der Waals surface area contributed by atoms with E-state index in [-0.39, 0.29) is 24.4 Å². The molecule has 7 heteroatoms. The Morgan fingerprint density at radius 1 is 1.36 bits per heavy atom. The Hall–Kier alpha value is -2.54. The minimum atomic E-state index is -0.669. The number of nitrogens with zero attached hydrogens (tertiary/aromatic N) is 2. The van der Waals surface area contributed by atoms with Crippen molar-refractivity contribution in [3.05, 3.63) is 59.3 Å². The van der Waals surface area contributed by atoms with E-state index in [9.17, 15) is 18.7 Å². The highest BCUT2D eigenvalue weighted by molar-refractivity contribution is 5.94. The molecule has 1 fully saturated rings. The van der Waals surface area contributed by atoms with Crippen LogP contribution in [0.15, 0.2) is 36.5 Å². The van der Waals surface area contributed by atoms with Crippen LogP contribution in [-0.4, -0.2) is 35.2 Å². The van der Waals surface area contributed by atoms with Crippen molar-refractivity contribution in [1.29, 1.82) is 0 Å². The van der Waals surface area contributed by atoms with Gasteiger partial charge in [-0.3, -0.25) is 4.79 Å². The summed E-state index contributed by atoms with van der Waals surface area (Å²) in [4.78, 5) is 17.8. The predicted octanol–water partition coefficient (Wildman–Crippen LogP) is 2.42. The molecule has 1 aliphatic heterocycles. The van der Waals surface area contributed by atoms with Crippen LogP contribution in [0.1, 0.15) is 35.3 Å². The van der Waals surface area contributed by atoms with Gasteiger partial charge in [0.15, 0.2) is 0 Å². The number of halogens is 2. The van der Waals surface area contributed by atoms with Gasteiger partial charge in [-0.1, -0.05) is 0 Å². The van der Waals surface area contributed by atoms with Gasteiger partial charge >= 0.3 is 0 Å². The maximum atomic E-state index is 14.1. The average Bonchev–Trinajstić information content (AvgIpc) is 2.99. The largest absolute Gasteiger partial charge is 0.391 e. The summed E-state index contributed by atoms with van der Waals surface area (Å²) in [5, 5.41) is 12.7. The third-order valence-corrected chi connectivity index (χ3v) is 4.24. The van der Waals surface area contributed by atoms with Gasteiger partial charge in [-0.05, 0) is 43.7 Å². The number of rotatable bonds is 4. The molecule has 0 spiro atoms. The molecule has 1 aliphatic rings. The fourth-order valence-corrected chi connectivity index (χ4v) is 3.08. The fraction of sp³-hybridized carbons (Fsp3) is 0.333. The average molecular weight is 347 g/mol. The highest BCUT2D eigenvalue weighted by Gasteiger charge is 2.34. The monoisotopic (exact) mass is 347 g/mol. The number of amides is 1. The molecule has 2 N–H and O–H groups in total. The Labute approximate surface area is 144 Å². The first-order valence-corrected chi connectivity index (χ1v) is 8.13. The summed E-state index contributed by atoms with van der Waals surface area (Å²) >= 11 is 0. The van der Waals surface area contributed by atoms with Crippen LogP contribution in [0.5, 0.6) is 0 Å². The van der Waals surface area contributed by atoms with Crippen molar-refractivity contribution < 1.29 is 18.7 Å². The van der Waals surface area contributed by atoms with Crippen molar-refractivity contribution in [3.63, 3.8) is 0 Å². The molecular weight excluding hydrogens is 328 g/mol. The summed E-state index contributed by atoms with van der Waals surface area (Å²) in [6, 6.07) is 6.04. The second kappa shape index (κ2) is 7.14. The summed E-state index contributed by atoms with van der Waals surface area (Å²) in [5.41, 5.74) is 0.602. The molecule has 3 rings (SSSR count). The number of hydrogen-bond donors (Lipinski definition) is 2. The van der Waals surface area contributed by atoms with Crippen LogP contribution in [0, 0.1) is 11.6 Å². The van der Waals surface area contributed by atoms with E-state index in [1.54, 1.807) is 17.0 Å². The summed E-state index contributed by atoms with van der Waals surface area (Å²) in [6.07, 6.45) is 1.04. The number of hydrogen-bond acceptors (Lipinski definition) is 4. The second-order valence-corrected chi connectivity index (χ2v) is 5.99. The van der Waals surface area contributed by atoms with E-state index in [1.807, 2.05) is 6.92 Å². The third-order valence-electron chi connectivity index (χ3n) is 4.24. The van der Waals surface area contributed by atoms with E-state index in [2.05, 4.69) is 10.3 Å². The Balaban J connectivity index is 1.89. The van der Waals surface area contributed by atoms with Crippen molar-refractivity contribution >= 4 is 11.7 Å². The molecule has 1 aromatic heterocycles. The number of carbonyl (C=O) groups is 1. The lowest BCUT2D eigenvalue weighted by atomic mass is 10.0. The van der Waals surface area contributed by atoms with Crippen molar-refractivity contribution in [2.24, 2.45) is 0 Å². The molecule has 0 unspecified atom stereocenters. The van der Waals surface area contributed by atoms with E-state index >= 15 is 0 Å². The number of β-amino-alcohol motifs (C(OH)–C–C–N with tert-alkyl or cyclic N) is 1. The molecule has 1 amide bonds. The van der Waals surface area contributed by atoms with Gasteiger partial charge in [0.2, 0.25) is 0 Å². The van der Waals surface area contributed by atoms with Crippen LogP contribution in [0.4, 0.5) is 14.6 Å². The quantitative estimate of drug-likeness (QED) is 0.892. The highest BCUT2D eigenvalue weighted by atomic mass is 19.1. The smallest absolute Gasteiger partial charge is 0.252 e. The summed E-state index contributed by atoms with van der Waals surface area (Å²) in [6.45, 7) is 2.59. The number of nitrogens with one attached hydrogen (secondary N) is 1. The molecule has 1 aromatic carbocycles. The van der Waals surface area contributed by atoms with Crippen LogP contribution in [0.3, 0.4) is 0 Å². The number of pyridine rings is 1. The van der Waals surface area contributed by atoms with Crippen LogP contribution in [0.25, 0.3) is 0 Å². The van der Waals surface area contributed by atoms with Gasteiger partial charge in [-0.2, -0.15) is 0 Å². The standard InChI is InChI=1S/C18H19F2N3O2/c1-2-21-18(25)11-3-6-17(22-9-11)23-10-13(24)8-16(23)14-7-12(19)4-5-15(14)20/h3-7,9,13,16,24H,2,8,10H2,1H3,(H,21,25)/t13-,16+/m1/s1. The van der Waals surface area contributed by atoms with E-state index in [0.717, 1.165) is 18.2 Å². The van der Waals surface area contributed by atoms with Gasteiger partial charge < -0.3 is 15.3 Å². The van der Waals surface area contributed by atoms with Crippen molar-refractivity contribution in [1.82, 2.24) is 10.3 Å². The Morgan fingerprint density at radius 3 is 2.84 bits per heavy atom. The lowest BCUT2D eigenvalue weighted by Gasteiger charge is -2.26. The van der Waals surface area contributed by atoms with E-state index < -0.39 is 23.8 Å². The van der Waals surface area contributed by atoms with Crippen LogP contribution in [-0.2, 0) is 0 Å². The molecule has 2 heterocycles. The number of aliphatic hydroxyl groups excluding tert-OH is 1. The Kier molecular flexibility index (Phi) is 4.94. The van der Waals surface area contributed by atoms with Crippen LogP contribution < -0.4 is 10.2 Å². The third kappa shape index (κ3) is 3.61. The van der Waals surface area contributed by atoms with Crippen molar-refractivity contribution in [3.8, 4) is 0 Å². The van der Waals surface area contributed by atoms with Crippen LogP contribution >= 0.6 is 0 Å². The topological polar surface area (TPSA) is 65.5 Å². The maximum absolute atomic E-state index is 14.1. The zero-order chi connectivity index (χ0) is 18.0. The minimum Gasteiger partial charge on any atom is -0.391 e. The molecule has 0 bridgehead atoms. The SMILES string of the molecule is CCNC(=O)c1ccc(N2C[C@H](O)C[C@H]2c2cc(F)ccc2F)nc1. The summed E-state index contributed by atoms with van der Waals surface area (Å²) < 4.78 is 27.7. The molecule has 132 valence electrons. The first-order chi connectivity index (χ1) is 12.0. The maximum Gasteiger partial charge on any atom is 0.252 e. The number of aromatic nitrogens is 1. The number of aliphatic hydroxyl groups is 1. The molecule has 25 heavy (non-hydrogen) atoms. The summed E-state index contributed by atoms with van der Waals surface area (Å²) in [5.74, 6) is -0.782. The predicted molar refractivity (Wildman–Crippen MR) is 89.3 cm³/mol. The molecule has 0 aliphatic carbocycles. The van der Waals surface area contributed by atoms with Gasteiger partial charge in [-0.25, -0.2) is 13.8 Å². The Morgan fingerprint density at radius 2 is 2.16 bits per heavy atom. The van der Waals surface area contributed by atoms with E-state index in [4.69, 9.17) is 0 Å². The van der Waals surface area contributed by atoms with Gasteiger partial charge in [0, 0.05) is 24.8 Å². The van der Waals surface area contributed by atoms with Crippen LogP contribution in [0.2, 0.25) is 0 Å². The van der Waals surface area contributed by atoms with Gasteiger partial charge in [0.25, 0.3) is 5.91 Å². The molecule has 0 radical (unpaired) electrons. The molecule has 5 nitrogen and oxygen atoms in total. The first-order valence-electron chi connectivity index (χ1n) is 8.13. The van der Waals surface area contributed by atoms with Crippen molar-refractivity contribution in [2.75, 3.05) is 18.0 Å². The second-order valence-electron chi connectivity index (χ2n) is 5.99. The number of carbonyl (C=O) groups excluding carboxylic acids is 1. The first kappa shape index (κ1) is 17.3. The lowest BCUT2D eigenvalue weighted by molar-refractivity contribution is 0.0955. The van der Waals surface area contributed by atoms with Gasteiger partial charge in [-0.15, -0.1) is 0 Å². The number of benzene rings is 1. The molecular formula is C18H19F2N3O2. The Bertz CT molecular complexity index is 767. The molecule has 2 atom stereocenters. The lowest BCUT2D eigenvalue weighted by Crippen LogP contribution is -2.26. The van der Waals surface area contributed by atoms with E-state index in [1.165, 1.54) is 6.20 Å². The summed E-state index contributed by atoms with van der Waals surface area (Å²) in [7, 11) is 0. The zero-order valence-electron chi connectivity index (χ0n) is 13.7. The van der Waals surface area contributed by atoms with Gasteiger partial charge in [0.1, 0.15) is 17.5 Å². The van der Waals surface area contributed by atoms with Gasteiger partial charge in [0.05, 0.1) is 17.7 Å². The molecule has 1 saturated heterocycles. The molecule has 0 saturated carbocycles.